The Morgan fingerprint density at radius 1 is 0.362 bits per heavy atom. The Morgan fingerprint density at radius 3 is 1.49 bits per heavy atom. The Kier molecular flexibility index (Phi) is 5.61. The van der Waals surface area contributed by atoms with Crippen LogP contribution in [0.15, 0.2) is 259 Å². The number of hydrogen-bond acceptors (Lipinski definition) is 4. The fraction of sp³-hybridized carbons (Fsp3) is 0. The number of hydrogen-bond donors (Lipinski definition) is 0. The lowest BCUT2D eigenvalue weighted by atomic mass is 10.0. The van der Waals surface area contributed by atoms with Gasteiger partial charge in [-0.15, -0.1) is 0 Å². The third kappa shape index (κ3) is 6.88. The highest BCUT2D eigenvalue weighted by atomic mass is 28.3. The zero-order valence-corrected chi connectivity index (χ0v) is 36.7. The maximum Gasteiger partial charge on any atom is 0.179 e. The van der Waals surface area contributed by atoms with Crippen molar-refractivity contribution in [1.82, 2.24) is 19.5 Å². The molecule has 6 heteroatoms. The Bertz CT molecular complexity index is 5230. The van der Waals surface area contributed by atoms with Crippen LogP contribution in [0.4, 0.5) is 0 Å². The Labute approximate surface area is 432 Å². The van der Waals surface area contributed by atoms with Gasteiger partial charge in [-0.2, -0.15) is 0 Å². The second-order valence-electron chi connectivity index (χ2n) is 15.8. The van der Waals surface area contributed by atoms with Gasteiger partial charge in [0.25, 0.3) is 0 Å². The van der Waals surface area contributed by atoms with Gasteiger partial charge in [0.2, 0.25) is 0 Å². The van der Waals surface area contributed by atoms with Crippen LogP contribution in [0, 0.1) is 0 Å². The zero-order valence-electron chi connectivity index (χ0n) is 58.7. The largest absolute Gasteiger partial charge is 0.456 e. The summed E-state index contributed by atoms with van der Waals surface area (Å²) in [6.07, 6.45) is 0. The van der Waals surface area contributed by atoms with Crippen LogP contribution in [0.1, 0.15) is 31.5 Å². The van der Waals surface area contributed by atoms with E-state index in [1.165, 1.54) is 0 Å². The van der Waals surface area contributed by atoms with Gasteiger partial charge in [-0.3, -0.25) is 0 Å². The molecule has 0 unspecified atom stereocenters. The normalized spacial score (nSPS) is 16.4. The molecular formula is C63H42N4OSi. The summed E-state index contributed by atoms with van der Waals surface area (Å²) in [4.78, 5) is 14.5. The quantitative estimate of drug-likeness (QED) is 0.107. The van der Waals surface area contributed by atoms with Crippen LogP contribution < -0.4 is 20.7 Å². The summed E-state index contributed by atoms with van der Waals surface area (Å²) in [5, 5.41) is 2.18. The van der Waals surface area contributed by atoms with Crippen LogP contribution in [0.25, 0.3) is 94.7 Å². The molecule has 5 nitrogen and oxygen atoms in total. The molecule has 0 saturated carbocycles. The van der Waals surface area contributed by atoms with Gasteiger partial charge in [-0.25, -0.2) is 15.0 Å². The molecule has 13 rings (SSSR count). The van der Waals surface area contributed by atoms with Crippen molar-refractivity contribution in [3.63, 3.8) is 0 Å². The number of benzene rings is 10. The molecular weight excluding hydrogens is 857 g/mol. The minimum atomic E-state index is -3.39. The second kappa shape index (κ2) is 16.7. The molecule has 0 radical (unpaired) electrons. The lowest BCUT2D eigenvalue weighted by Crippen LogP contribution is -2.74. The third-order valence-corrected chi connectivity index (χ3v) is 16.7. The van der Waals surface area contributed by atoms with E-state index in [0.29, 0.717) is 0 Å². The Hall–Kier alpha value is -8.97. The first-order valence-corrected chi connectivity index (χ1v) is 23.5. The van der Waals surface area contributed by atoms with E-state index in [1.807, 2.05) is 103 Å². The molecule has 69 heavy (non-hydrogen) atoms. The number of aromatic nitrogens is 4. The molecule has 0 spiro atoms. The average Bonchev–Trinajstić information content (AvgIpc) is 1.58. The first-order valence-electron chi connectivity index (χ1n) is 33.0. The zero-order chi connectivity index (χ0) is 65.7. The molecule has 10 aromatic carbocycles. The highest BCUT2D eigenvalue weighted by molar-refractivity contribution is 7.19. The predicted molar refractivity (Wildman–Crippen MR) is 287 cm³/mol. The summed E-state index contributed by atoms with van der Waals surface area (Å²) in [5.74, 6) is -1.60. The summed E-state index contributed by atoms with van der Waals surface area (Å²) in [7, 11) is -3.39. The number of fused-ring (bicyclic) bond motifs is 6. The van der Waals surface area contributed by atoms with E-state index in [4.69, 9.17) is 33.1 Å². The van der Waals surface area contributed by atoms with Gasteiger partial charge in [0.05, 0.1) is 42.6 Å². The lowest BCUT2D eigenvalue weighted by molar-refractivity contribution is 0.669. The standard InChI is InChI=1S/C63H42N4OSi/c1-4-24-49(25-5-1)69(50-26-6-2-7-27-50,51-28-8-3-9-29-51)52-30-18-22-47(41-52)63-65-61(45-20-16-19-43(39-45)44-37-38-56-55-33-12-15-36-59(55)68-60(56)42-44)64-62(66-63)46-21-17-23-48(40-46)67-57-34-13-10-31-53(57)54-32-11-14-35-58(54)67/h1-42H/i10D,11D,12D,13D,14D,15D,16D,17D,19D,20D,21D,23D,31D,32D,33D,34D,35D,36D,37D,38D,39D,40D,42D. The van der Waals surface area contributed by atoms with Gasteiger partial charge in [0.1, 0.15) is 11.2 Å². The average molecular weight is 922 g/mol. The van der Waals surface area contributed by atoms with Crippen LogP contribution in [0.5, 0.6) is 0 Å². The van der Waals surface area contributed by atoms with Crippen LogP contribution in [-0.4, -0.2) is 27.6 Å². The molecule has 324 valence electrons. The molecule has 0 fully saturated rings. The number of para-hydroxylation sites is 3. The topological polar surface area (TPSA) is 56.7 Å². The molecule has 3 aromatic heterocycles. The van der Waals surface area contributed by atoms with Crippen molar-refractivity contribution in [1.29, 1.82) is 0 Å². The van der Waals surface area contributed by atoms with Crippen molar-refractivity contribution in [2.45, 2.75) is 0 Å². The van der Waals surface area contributed by atoms with Crippen molar-refractivity contribution < 1.29 is 35.9 Å². The van der Waals surface area contributed by atoms with Crippen LogP contribution in [0.3, 0.4) is 0 Å². The fourth-order valence-corrected chi connectivity index (χ4v) is 13.7. The Morgan fingerprint density at radius 2 is 0.855 bits per heavy atom. The predicted octanol–water partition coefficient (Wildman–Crippen LogP) is 12.9. The van der Waals surface area contributed by atoms with Crippen molar-refractivity contribution in [2.75, 3.05) is 0 Å². The van der Waals surface area contributed by atoms with E-state index < -0.39 is 220 Å². The van der Waals surface area contributed by atoms with E-state index in [-0.39, 0.29) is 22.2 Å². The minimum Gasteiger partial charge on any atom is -0.456 e. The molecule has 0 aliphatic heterocycles. The van der Waals surface area contributed by atoms with Gasteiger partial charge in [0.15, 0.2) is 25.5 Å². The maximum atomic E-state index is 10.1. The van der Waals surface area contributed by atoms with Gasteiger partial charge in [-0.1, -0.05) is 206 Å². The minimum absolute atomic E-state index is 0.217. The molecule has 0 atom stereocenters. The highest BCUT2D eigenvalue weighted by Gasteiger charge is 2.41. The van der Waals surface area contributed by atoms with E-state index in [9.17, 15) is 17.8 Å². The molecule has 0 saturated heterocycles. The fourth-order valence-electron chi connectivity index (χ4n) is 8.89. The molecule has 0 bridgehead atoms. The van der Waals surface area contributed by atoms with E-state index >= 15 is 0 Å². The van der Waals surface area contributed by atoms with Crippen molar-refractivity contribution in [2.24, 2.45) is 0 Å². The van der Waals surface area contributed by atoms with Gasteiger partial charge in [-0.05, 0) is 80.2 Å². The highest BCUT2D eigenvalue weighted by Crippen LogP contribution is 2.36. The maximum absolute atomic E-state index is 10.1. The molecule has 13 aromatic rings. The van der Waals surface area contributed by atoms with E-state index in [0.717, 1.165) is 25.3 Å². The first kappa shape index (κ1) is 23.2. The van der Waals surface area contributed by atoms with Crippen LogP contribution >= 0.6 is 0 Å². The van der Waals surface area contributed by atoms with Gasteiger partial charge >= 0.3 is 0 Å². The van der Waals surface area contributed by atoms with Crippen LogP contribution in [0.2, 0.25) is 0 Å². The molecule has 0 N–H and O–H groups in total. The molecule has 3 heterocycles. The molecule has 0 aliphatic rings. The lowest BCUT2D eigenvalue weighted by Gasteiger charge is -2.34. The number of furan rings is 1. The molecule has 0 amide bonds. The van der Waals surface area contributed by atoms with Gasteiger partial charge in [0, 0.05) is 43.9 Å². The van der Waals surface area contributed by atoms with Crippen LogP contribution in [-0.2, 0) is 0 Å². The van der Waals surface area contributed by atoms with Gasteiger partial charge < -0.3 is 8.98 Å². The monoisotopic (exact) mass is 921 g/mol. The summed E-state index contributed by atoms with van der Waals surface area (Å²) >= 11 is 0. The SMILES string of the molecule is [2H]c1c([2H])c(-c2nc(-c3cccc([Si](c4ccccc4)(c4ccccc4)c4ccccc4)c3)nc(-c3c([2H])c([2H])c([2H])c(-n4c5c([2H])c([2H])c([2H])c([2H])c5c5c([2H])c([2H])c([2H])c([2H])c54)c3[2H])n2)c([2H])c(-c2c([2H])c([2H])c3c(oc4c([2H])c([2H])c([2H])c([2H])c43)c2[2H])c1[2H]. The third-order valence-electron chi connectivity index (χ3n) is 11.9. The number of nitrogens with zero attached hydrogens (tertiary/aromatic N) is 4. The smallest absolute Gasteiger partial charge is 0.179 e. The summed E-state index contributed by atoms with van der Waals surface area (Å²) in [5.41, 5.74) is -5.14. The van der Waals surface area contributed by atoms with Crippen molar-refractivity contribution in [3.05, 3.63) is 254 Å². The van der Waals surface area contributed by atoms with E-state index in [1.54, 1.807) is 12.1 Å². The molecule has 0 aliphatic carbocycles. The second-order valence-corrected chi connectivity index (χ2v) is 19.6. The Balaban J connectivity index is 1.15. The summed E-state index contributed by atoms with van der Waals surface area (Å²) < 4.78 is 217. The first-order chi connectivity index (χ1) is 43.8. The van der Waals surface area contributed by atoms with E-state index in [2.05, 4.69) is 0 Å². The van der Waals surface area contributed by atoms with Crippen molar-refractivity contribution >= 4 is 72.6 Å². The number of rotatable bonds is 9. The van der Waals surface area contributed by atoms with Crippen molar-refractivity contribution in [3.8, 4) is 51.0 Å². The summed E-state index contributed by atoms with van der Waals surface area (Å²) in [6.45, 7) is 0. The summed E-state index contributed by atoms with van der Waals surface area (Å²) in [6, 6.07) is 18.3.